The number of nitrogens with zero attached hydrogens (tertiary/aromatic N) is 1. The number of rotatable bonds is 2. The fourth-order valence-corrected chi connectivity index (χ4v) is 1.75. The number of hydrogen-bond donors (Lipinski definition) is 0. The molecule has 0 aliphatic rings. The first-order valence-electron chi connectivity index (χ1n) is 4.08. The quantitative estimate of drug-likeness (QED) is 0.793. The number of aromatic nitrogens is 1. The van der Waals surface area contributed by atoms with Crippen LogP contribution in [0.2, 0.25) is 5.02 Å². The van der Waals surface area contributed by atoms with E-state index in [0.29, 0.717) is 27.2 Å². The average molecular weight is 287 g/mol. The van der Waals surface area contributed by atoms with E-state index in [1.54, 1.807) is 24.3 Å². The van der Waals surface area contributed by atoms with Crippen LogP contribution in [0.15, 0.2) is 33.4 Å². The fraction of sp³-hybridized carbons (Fsp3) is 0. The Hall–Kier alpha value is -1.13. The largest absolute Gasteiger partial charge is 0.354 e. The van der Waals surface area contributed by atoms with Gasteiger partial charge in [0, 0.05) is 10.6 Å². The van der Waals surface area contributed by atoms with Crippen molar-refractivity contribution in [3.05, 3.63) is 39.5 Å². The van der Waals surface area contributed by atoms with Crippen LogP contribution in [-0.2, 0) is 0 Å². The number of hydrogen-bond acceptors (Lipinski definition) is 3. The Kier molecular flexibility index (Phi) is 2.88. The summed E-state index contributed by atoms with van der Waals surface area (Å²) in [6.07, 6.45) is 0.691. The van der Waals surface area contributed by atoms with Crippen molar-refractivity contribution in [3.8, 4) is 11.3 Å². The molecule has 0 aliphatic heterocycles. The third-order valence-electron chi connectivity index (χ3n) is 1.89. The van der Waals surface area contributed by atoms with Gasteiger partial charge in [0.1, 0.15) is 0 Å². The second-order valence-electron chi connectivity index (χ2n) is 2.84. The summed E-state index contributed by atoms with van der Waals surface area (Å²) < 4.78 is 5.44. The second-order valence-corrected chi connectivity index (χ2v) is 4.03. The van der Waals surface area contributed by atoms with E-state index in [2.05, 4.69) is 21.1 Å². The molecule has 1 aromatic heterocycles. The number of halogens is 2. The second kappa shape index (κ2) is 4.16. The van der Waals surface area contributed by atoms with E-state index in [-0.39, 0.29) is 0 Å². The summed E-state index contributed by atoms with van der Waals surface area (Å²) in [6.45, 7) is 0. The fourth-order valence-electron chi connectivity index (χ4n) is 1.22. The van der Waals surface area contributed by atoms with E-state index in [1.165, 1.54) is 0 Å². The van der Waals surface area contributed by atoms with Crippen LogP contribution in [0.3, 0.4) is 0 Å². The van der Waals surface area contributed by atoms with E-state index < -0.39 is 0 Å². The number of carbonyl (C=O) groups is 1. The van der Waals surface area contributed by atoms with Crippen molar-refractivity contribution in [2.45, 2.75) is 0 Å². The molecule has 0 amide bonds. The van der Waals surface area contributed by atoms with E-state index in [9.17, 15) is 4.79 Å². The van der Waals surface area contributed by atoms with E-state index in [1.807, 2.05) is 0 Å². The lowest BCUT2D eigenvalue weighted by Gasteiger charge is -1.96. The molecule has 76 valence electrons. The molecule has 0 N–H and O–H groups in total. The molecule has 0 saturated heterocycles. The van der Waals surface area contributed by atoms with Crippen molar-refractivity contribution in [2.24, 2.45) is 0 Å². The minimum Gasteiger partial charge on any atom is -0.354 e. The Labute approximate surface area is 99.2 Å². The lowest BCUT2D eigenvalue weighted by Crippen LogP contribution is -1.82. The van der Waals surface area contributed by atoms with Crippen LogP contribution in [0.25, 0.3) is 11.3 Å². The molecule has 0 spiro atoms. The van der Waals surface area contributed by atoms with Crippen LogP contribution >= 0.6 is 27.5 Å². The minimum absolute atomic E-state index is 0.386. The summed E-state index contributed by atoms with van der Waals surface area (Å²) in [5.41, 5.74) is 1.11. The summed E-state index contributed by atoms with van der Waals surface area (Å²) >= 11 is 8.96. The minimum atomic E-state index is 0.386. The molecule has 0 aliphatic carbocycles. The molecule has 5 heteroatoms. The zero-order valence-corrected chi connectivity index (χ0v) is 9.75. The Bertz CT molecular complexity index is 510. The van der Waals surface area contributed by atoms with Crippen molar-refractivity contribution in [2.75, 3.05) is 0 Å². The molecular weight excluding hydrogens is 281 g/mol. The highest BCUT2D eigenvalue weighted by molar-refractivity contribution is 9.10. The van der Waals surface area contributed by atoms with Gasteiger partial charge in [-0.2, -0.15) is 0 Å². The summed E-state index contributed by atoms with van der Waals surface area (Å²) in [5, 5.41) is 4.24. The topological polar surface area (TPSA) is 43.1 Å². The number of carbonyl (C=O) groups excluding carboxylic acids is 1. The van der Waals surface area contributed by atoms with Crippen LogP contribution in [0.5, 0.6) is 0 Å². The number of aldehydes is 1. The maximum Gasteiger partial charge on any atom is 0.178 e. The van der Waals surface area contributed by atoms with Gasteiger partial charge in [0.15, 0.2) is 16.6 Å². The molecule has 0 fully saturated rings. The molecule has 0 atom stereocenters. The van der Waals surface area contributed by atoms with Gasteiger partial charge in [0.2, 0.25) is 0 Å². The summed E-state index contributed by atoms with van der Waals surface area (Å²) in [4.78, 5) is 10.8. The van der Waals surface area contributed by atoms with Gasteiger partial charge in [-0.15, -0.1) is 0 Å². The molecule has 1 heterocycles. The Morgan fingerprint density at radius 2 is 2.27 bits per heavy atom. The van der Waals surface area contributed by atoms with Gasteiger partial charge >= 0.3 is 0 Å². The SMILES string of the molecule is O=Cc1c(Br)noc1-c1cccc(Cl)c1. The van der Waals surface area contributed by atoms with Crippen molar-refractivity contribution in [1.82, 2.24) is 5.16 Å². The Morgan fingerprint density at radius 1 is 1.47 bits per heavy atom. The molecule has 1 aromatic carbocycles. The van der Waals surface area contributed by atoms with Crippen LogP contribution in [0.1, 0.15) is 10.4 Å². The summed E-state index contributed by atoms with van der Waals surface area (Å²) in [6, 6.07) is 7.03. The molecular formula is C10H5BrClNO2. The predicted octanol–water partition coefficient (Wildman–Crippen LogP) is 3.57. The molecule has 2 aromatic rings. The molecule has 2 rings (SSSR count). The first kappa shape index (κ1) is 10.4. The van der Waals surface area contributed by atoms with Gasteiger partial charge < -0.3 is 4.52 Å². The third kappa shape index (κ3) is 1.96. The van der Waals surface area contributed by atoms with E-state index >= 15 is 0 Å². The van der Waals surface area contributed by atoms with Crippen LogP contribution in [-0.4, -0.2) is 11.4 Å². The van der Waals surface area contributed by atoms with Gasteiger partial charge in [0.05, 0.1) is 5.56 Å². The van der Waals surface area contributed by atoms with Gasteiger partial charge in [0.25, 0.3) is 0 Å². The lowest BCUT2D eigenvalue weighted by molar-refractivity contribution is 0.112. The average Bonchev–Trinajstić information content (AvgIpc) is 2.59. The van der Waals surface area contributed by atoms with Gasteiger partial charge in [-0.05, 0) is 28.1 Å². The molecule has 0 unspecified atom stereocenters. The molecule has 0 radical (unpaired) electrons. The summed E-state index contributed by atoms with van der Waals surface area (Å²) in [5.74, 6) is 0.416. The standard InChI is InChI=1S/C10H5BrClNO2/c11-10-8(5-14)9(15-13-10)6-2-1-3-7(12)4-6/h1-5H. The van der Waals surface area contributed by atoms with Gasteiger partial charge in [-0.1, -0.05) is 28.9 Å². The predicted molar refractivity (Wildman–Crippen MR) is 60.0 cm³/mol. The summed E-state index contributed by atoms with van der Waals surface area (Å²) in [7, 11) is 0. The van der Waals surface area contributed by atoms with Gasteiger partial charge in [-0.25, -0.2) is 0 Å². The van der Waals surface area contributed by atoms with Crippen molar-refractivity contribution in [3.63, 3.8) is 0 Å². The third-order valence-corrected chi connectivity index (χ3v) is 2.70. The molecule has 15 heavy (non-hydrogen) atoms. The maximum absolute atomic E-state index is 10.8. The molecule has 3 nitrogen and oxygen atoms in total. The lowest BCUT2D eigenvalue weighted by atomic mass is 10.1. The highest BCUT2D eigenvalue weighted by Gasteiger charge is 2.15. The Balaban J connectivity index is 2.58. The van der Waals surface area contributed by atoms with Crippen LogP contribution in [0.4, 0.5) is 0 Å². The van der Waals surface area contributed by atoms with Crippen molar-refractivity contribution < 1.29 is 9.32 Å². The zero-order chi connectivity index (χ0) is 10.8. The van der Waals surface area contributed by atoms with Gasteiger partial charge in [-0.3, -0.25) is 4.79 Å². The first-order chi connectivity index (χ1) is 7.22. The van der Waals surface area contributed by atoms with E-state index in [4.69, 9.17) is 16.1 Å². The first-order valence-corrected chi connectivity index (χ1v) is 5.25. The monoisotopic (exact) mass is 285 g/mol. The van der Waals surface area contributed by atoms with Crippen molar-refractivity contribution >= 4 is 33.8 Å². The normalized spacial score (nSPS) is 10.3. The highest BCUT2D eigenvalue weighted by atomic mass is 79.9. The number of benzene rings is 1. The maximum atomic E-state index is 10.8. The molecule has 0 saturated carbocycles. The van der Waals surface area contributed by atoms with Crippen molar-refractivity contribution in [1.29, 1.82) is 0 Å². The van der Waals surface area contributed by atoms with Crippen LogP contribution in [0, 0.1) is 0 Å². The van der Waals surface area contributed by atoms with E-state index in [0.717, 1.165) is 5.56 Å². The Morgan fingerprint density at radius 3 is 2.93 bits per heavy atom. The zero-order valence-electron chi connectivity index (χ0n) is 7.41. The smallest absolute Gasteiger partial charge is 0.178 e. The highest BCUT2D eigenvalue weighted by Crippen LogP contribution is 2.29. The van der Waals surface area contributed by atoms with Crippen LogP contribution < -0.4 is 0 Å². The molecule has 0 bridgehead atoms.